The zero-order valence-corrected chi connectivity index (χ0v) is 14.1. The average Bonchev–Trinajstić information content (AvgIpc) is 2.27. The van der Waals surface area contributed by atoms with Gasteiger partial charge in [0.25, 0.3) is 0 Å². The van der Waals surface area contributed by atoms with Gasteiger partial charge in [0.05, 0.1) is 26.7 Å². The van der Waals surface area contributed by atoms with Crippen LogP contribution in [0.4, 0.5) is 0 Å². The summed E-state index contributed by atoms with van der Waals surface area (Å²) in [6.07, 6.45) is 0. The van der Waals surface area contributed by atoms with Crippen LogP contribution in [0, 0.1) is 0 Å². The van der Waals surface area contributed by atoms with Crippen molar-refractivity contribution in [2.45, 2.75) is 5.33 Å². The van der Waals surface area contributed by atoms with Gasteiger partial charge >= 0.3 is 5.97 Å². The smallest absolute Gasteiger partial charge is 0.338 e. The van der Waals surface area contributed by atoms with Crippen LogP contribution in [0.1, 0.15) is 15.9 Å². The fourth-order valence-corrected chi connectivity index (χ4v) is 1.81. The maximum absolute atomic E-state index is 11.9. The molecule has 0 fully saturated rings. The highest BCUT2D eigenvalue weighted by molar-refractivity contribution is 9.08. The molecular formula is C13H19Br2NO2. The molecule has 0 aliphatic rings. The van der Waals surface area contributed by atoms with E-state index in [2.05, 4.69) is 37.1 Å². The molecule has 102 valence electrons. The molecule has 5 heteroatoms. The van der Waals surface area contributed by atoms with Crippen LogP contribution < -0.4 is 17.0 Å². The normalized spacial score (nSPS) is 10.7. The number of carbonyl (C=O) groups excluding carboxylic acids is 1. The van der Waals surface area contributed by atoms with Gasteiger partial charge in [-0.05, 0) is 11.6 Å². The molecule has 0 N–H and O–H groups in total. The Morgan fingerprint density at radius 2 is 1.89 bits per heavy atom. The molecule has 0 atom stereocenters. The van der Waals surface area contributed by atoms with Crippen molar-refractivity contribution in [3.05, 3.63) is 35.4 Å². The van der Waals surface area contributed by atoms with Crippen molar-refractivity contribution in [1.29, 1.82) is 0 Å². The lowest BCUT2D eigenvalue weighted by atomic mass is 10.1. The fraction of sp³-hybridized carbons (Fsp3) is 0.462. The van der Waals surface area contributed by atoms with Crippen LogP contribution in [0.5, 0.6) is 0 Å². The molecule has 0 saturated heterocycles. The van der Waals surface area contributed by atoms with E-state index in [-0.39, 0.29) is 23.0 Å². The van der Waals surface area contributed by atoms with Crippen molar-refractivity contribution in [2.24, 2.45) is 0 Å². The third kappa shape index (κ3) is 5.98. The maximum Gasteiger partial charge on any atom is 0.338 e. The summed E-state index contributed by atoms with van der Waals surface area (Å²) in [7, 11) is 6.21. The van der Waals surface area contributed by atoms with Crippen LogP contribution in [0.25, 0.3) is 0 Å². The van der Waals surface area contributed by atoms with Crippen molar-refractivity contribution in [1.82, 2.24) is 0 Å². The van der Waals surface area contributed by atoms with Crippen molar-refractivity contribution in [3.63, 3.8) is 0 Å². The van der Waals surface area contributed by atoms with Gasteiger partial charge in [-0.2, -0.15) is 0 Å². The number of quaternary nitrogens is 1. The SMILES string of the molecule is C[N+](C)(C)CCOC(=O)c1ccccc1CBr.[Br-]. The minimum absolute atomic E-state index is 0. The predicted octanol–water partition coefficient (Wildman–Crippen LogP) is -0.551. The third-order valence-corrected chi connectivity index (χ3v) is 2.98. The summed E-state index contributed by atoms with van der Waals surface area (Å²) < 4.78 is 6.06. The Bertz CT molecular complexity index is 389. The second-order valence-electron chi connectivity index (χ2n) is 4.94. The van der Waals surface area contributed by atoms with Gasteiger partial charge in [0.2, 0.25) is 0 Å². The zero-order valence-electron chi connectivity index (χ0n) is 11.0. The molecule has 0 unspecified atom stereocenters. The molecule has 0 aliphatic carbocycles. The molecule has 3 nitrogen and oxygen atoms in total. The Labute approximate surface area is 128 Å². The monoisotopic (exact) mass is 379 g/mol. The Morgan fingerprint density at radius 3 is 2.44 bits per heavy atom. The number of ether oxygens (including phenoxy) is 1. The van der Waals surface area contributed by atoms with Gasteiger partial charge in [0.15, 0.2) is 0 Å². The molecule has 0 bridgehead atoms. The highest BCUT2D eigenvalue weighted by atomic mass is 79.9. The number of nitrogens with zero attached hydrogens (tertiary/aromatic N) is 1. The summed E-state index contributed by atoms with van der Waals surface area (Å²) in [6, 6.07) is 7.48. The Morgan fingerprint density at radius 1 is 1.28 bits per heavy atom. The topological polar surface area (TPSA) is 26.3 Å². The van der Waals surface area contributed by atoms with E-state index in [4.69, 9.17) is 4.74 Å². The van der Waals surface area contributed by atoms with Gasteiger partial charge in [-0.15, -0.1) is 0 Å². The molecule has 0 saturated carbocycles. The first-order chi connectivity index (χ1) is 7.94. The molecule has 1 aromatic carbocycles. The maximum atomic E-state index is 11.9. The molecule has 0 heterocycles. The first-order valence-corrected chi connectivity index (χ1v) is 6.67. The quantitative estimate of drug-likeness (QED) is 0.389. The van der Waals surface area contributed by atoms with E-state index < -0.39 is 0 Å². The van der Waals surface area contributed by atoms with Crippen molar-refractivity contribution >= 4 is 21.9 Å². The van der Waals surface area contributed by atoms with Crippen molar-refractivity contribution in [3.8, 4) is 0 Å². The minimum Gasteiger partial charge on any atom is -1.00 e. The average molecular weight is 381 g/mol. The van der Waals surface area contributed by atoms with Gasteiger partial charge in [-0.25, -0.2) is 4.79 Å². The van der Waals surface area contributed by atoms with Gasteiger partial charge in [-0.1, -0.05) is 34.1 Å². The Kier molecular flexibility index (Phi) is 7.75. The number of esters is 1. The molecular weight excluding hydrogens is 362 g/mol. The molecule has 0 aliphatic heterocycles. The Balaban J connectivity index is 0.00000289. The van der Waals surface area contributed by atoms with E-state index in [0.29, 0.717) is 17.5 Å². The number of hydrogen-bond acceptors (Lipinski definition) is 2. The van der Waals surface area contributed by atoms with E-state index in [1.54, 1.807) is 6.07 Å². The van der Waals surface area contributed by atoms with Crippen LogP contribution in [0.2, 0.25) is 0 Å². The predicted molar refractivity (Wildman–Crippen MR) is 72.3 cm³/mol. The number of carbonyl (C=O) groups is 1. The molecule has 0 amide bonds. The lowest BCUT2D eigenvalue weighted by molar-refractivity contribution is -0.870. The standard InChI is InChI=1S/C13H19BrNO2.BrH/c1-15(2,3)8-9-17-13(16)12-7-5-4-6-11(12)10-14;/h4-7H,8-10H2,1-3H3;1H/q+1;/p-1. The van der Waals surface area contributed by atoms with E-state index in [9.17, 15) is 4.79 Å². The second-order valence-corrected chi connectivity index (χ2v) is 5.50. The number of alkyl halides is 1. The number of likely N-dealkylation sites (N-methyl/N-ethyl adjacent to an activating group) is 1. The lowest BCUT2D eigenvalue weighted by Gasteiger charge is -2.23. The first-order valence-electron chi connectivity index (χ1n) is 5.55. The van der Waals surface area contributed by atoms with Crippen LogP contribution in [0.3, 0.4) is 0 Å². The minimum atomic E-state index is -0.242. The summed E-state index contributed by atoms with van der Waals surface area (Å²) in [5.41, 5.74) is 1.61. The van der Waals surface area contributed by atoms with Crippen molar-refractivity contribution in [2.75, 3.05) is 34.3 Å². The van der Waals surface area contributed by atoms with Gasteiger partial charge < -0.3 is 26.2 Å². The summed E-state index contributed by atoms with van der Waals surface area (Å²) >= 11 is 3.37. The van der Waals surface area contributed by atoms with Crippen LogP contribution >= 0.6 is 15.9 Å². The second kappa shape index (κ2) is 7.92. The lowest BCUT2D eigenvalue weighted by Crippen LogP contribution is -3.00. The summed E-state index contributed by atoms with van der Waals surface area (Å²) in [5.74, 6) is -0.242. The van der Waals surface area contributed by atoms with Crippen LogP contribution in [0.15, 0.2) is 24.3 Å². The highest BCUT2D eigenvalue weighted by Crippen LogP contribution is 2.13. The molecule has 18 heavy (non-hydrogen) atoms. The first kappa shape index (κ1) is 17.6. The van der Waals surface area contributed by atoms with Gasteiger partial charge in [0, 0.05) is 5.33 Å². The molecule has 1 aromatic rings. The molecule has 0 aromatic heterocycles. The number of rotatable bonds is 5. The highest BCUT2D eigenvalue weighted by Gasteiger charge is 2.13. The van der Waals surface area contributed by atoms with Crippen LogP contribution in [-0.2, 0) is 10.1 Å². The molecule has 1 rings (SSSR count). The van der Waals surface area contributed by atoms with Crippen molar-refractivity contribution < 1.29 is 31.0 Å². The number of halogens is 2. The van der Waals surface area contributed by atoms with Gasteiger partial charge in [0.1, 0.15) is 13.2 Å². The summed E-state index contributed by atoms with van der Waals surface area (Å²) in [5, 5.41) is 0.660. The summed E-state index contributed by atoms with van der Waals surface area (Å²) in [6.45, 7) is 1.25. The number of benzene rings is 1. The van der Waals surface area contributed by atoms with E-state index >= 15 is 0 Å². The summed E-state index contributed by atoms with van der Waals surface area (Å²) in [4.78, 5) is 11.9. The molecule has 0 radical (unpaired) electrons. The fourth-order valence-electron chi connectivity index (χ4n) is 1.33. The van der Waals surface area contributed by atoms with E-state index in [1.165, 1.54) is 0 Å². The Hall–Kier alpha value is -0.390. The third-order valence-electron chi connectivity index (χ3n) is 2.38. The van der Waals surface area contributed by atoms with E-state index in [0.717, 1.165) is 16.6 Å². The zero-order chi connectivity index (χ0) is 12.9. The van der Waals surface area contributed by atoms with Gasteiger partial charge in [-0.3, -0.25) is 0 Å². The van der Waals surface area contributed by atoms with Crippen LogP contribution in [-0.4, -0.2) is 44.7 Å². The van der Waals surface area contributed by atoms with E-state index in [1.807, 2.05) is 18.2 Å². The molecule has 0 spiro atoms. The largest absolute Gasteiger partial charge is 1.00 e. The number of hydrogen-bond donors (Lipinski definition) is 0.